The molecule has 6 aromatic rings. The fraction of sp³-hybridized carbons (Fsp3) is 0.186. The van der Waals surface area contributed by atoms with E-state index in [0.717, 1.165) is 30.8 Å². The molecule has 56 heavy (non-hydrogen) atoms. The number of hydrogen-bond acceptors (Lipinski definition) is 6. The highest BCUT2D eigenvalue weighted by atomic mass is 35.5. The molecule has 1 aromatic heterocycles. The van der Waals surface area contributed by atoms with E-state index >= 15 is 0 Å². The SMILES string of the molecule is CN(C)CCOc1ccc(/C(=C(/CCCl)c2ccccc2)c2ccccc2)cc1.COc1ccc(-c2cc(C(F)F)nn2-c2ccc(S(N)(=O)=O)cc2)cc1F. The lowest BCUT2D eigenvalue weighted by Crippen LogP contribution is -2.19. The monoisotopic (exact) mass is 802 g/mol. The molecule has 0 amide bonds. The maximum absolute atomic E-state index is 14.0. The first kappa shape index (κ1) is 41.8. The van der Waals surface area contributed by atoms with Gasteiger partial charge in [-0.2, -0.15) is 5.10 Å². The van der Waals surface area contributed by atoms with Gasteiger partial charge in [-0.15, -0.1) is 11.6 Å². The van der Waals surface area contributed by atoms with E-state index < -0.39 is 28.0 Å². The van der Waals surface area contributed by atoms with E-state index in [1.54, 1.807) is 0 Å². The summed E-state index contributed by atoms with van der Waals surface area (Å²) in [7, 11) is 1.51. The van der Waals surface area contributed by atoms with E-state index in [1.807, 2.05) is 26.2 Å². The van der Waals surface area contributed by atoms with Gasteiger partial charge in [-0.25, -0.2) is 31.4 Å². The van der Waals surface area contributed by atoms with Crippen molar-refractivity contribution in [2.75, 3.05) is 40.2 Å². The van der Waals surface area contributed by atoms with Gasteiger partial charge in [0.25, 0.3) is 6.43 Å². The van der Waals surface area contributed by atoms with Crippen LogP contribution in [0.2, 0.25) is 0 Å². The summed E-state index contributed by atoms with van der Waals surface area (Å²) < 4.78 is 75.0. The van der Waals surface area contributed by atoms with E-state index in [4.69, 9.17) is 26.2 Å². The zero-order chi connectivity index (χ0) is 40.2. The number of ether oxygens (including phenoxy) is 2. The van der Waals surface area contributed by atoms with Gasteiger partial charge in [0.05, 0.1) is 23.4 Å². The summed E-state index contributed by atoms with van der Waals surface area (Å²) in [5, 5.41) is 8.90. The van der Waals surface area contributed by atoms with Crippen LogP contribution in [-0.4, -0.2) is 63.3 Å². The van der Waals surface area contributed by atoms with E-state index in [9.17, 15) is 21.6 Å². The van der Waals surface area contributed by atoms with Crippen LogP contribution < -0.4 is 14.6 Å². The van der Waals surface area contributed by atoms with Gasteiger partial charge in [0, 0.05) is 18.0 Å². The molecule has 0 aliphatic heterocycles. The van der Waals surface area contributed by atoms with Gasteiger partial charge in [-0.05, 0) is 109 Å². The van der Waals surface area contributed by atoms with Crippen LogP contribution in [0, 0.1) is 5.82 Å². The second-order valence-electron chi connectivity index (χ2n) is 12.8. The molecule has 1 heterocycles. The Labute approximate surface area is 330 Å². The highest BCUT2D eigenvalue weighted by Crippen LogP contribution is 2.36. The largest absolute Gasteiger partial charge is 0.494 e. The molecule has 0 bridgehead atoms. The van der Waals surface area contributed by atoms with Crippen LogP contribution in [0.4, 0.5) is 13.2 Å². The van der Waals surface area contributed by atoms with Crippen LogP contribution in [0.1, 0.15) is 35.2 Å². The molecule has 0 aliphatic carbocycles. The lowest BCUT2D eigenvalue weighted by Gasteiger charge is -2.17. The molecule has 0 aliphatic rings. The second kappa shape index (κ2) is 19.5. The molecule has 5 aromatic carbocycles. The third-order valence-corrected chi connectivity index (χ3v) is 9.71. The van der Waals surface area contributed by atoms with Gasteiger partial charge in [-0.3, -0.25) is 0 Å². The Hall–Kier alpha value is -5.40. The molecule has 0 radical (unpaired) electrons. The van der Waals surface area contributed by atoms with Crippen molar-refractivity contribution in [2.45, 2.75) is 17.7 Å². The van der Waals surface area contributed by atoms with Gasteiger partial charge in [0.15, 0.2) is 11.6 Å². The summed E-state index contributed by atoms with van der Waals surface area (Å²) in [6.45, 7) is 1.57. The van der Waals surface area contributed by atoms with Gasteiger partial charge >= 0.3 is 0 Å². The van der Waals surface area contributed by atoms with E-state index in [2.05, 4.69) is 82.8 Å². The Morgan fingerprint density at radius 1 is 0.839 bits per heavy atom. The van der Waals surface area contributed by atoms with Gasteiger partial charge in [0.1, 0.15) is 18.1 Å². The molecule has 292 valence electrons. The highest BCUT2D eigenvalue weighted by molar-refractivity contribution is 7.89. The maximum Gasteiger partial charge on any atom is 0.282 e. The molecular weight excluding hydrogens is 761 g/mol. The Bertz CT molecular complexity index is 2320. The first-order chi connectivity index (χ1) is 26.9. The molecular formula is C43H42ClF3N4O4S. The molecule has 2 N–H and O–H groups in total. The summed E-state index contributed by atoms with van der Waals surface area (Å²) in [4.78, 5) is 1.98. The van der Waals surface area contributed by atoms with Crippen LogP contribution in [-0.2, 0) is 10.0 Å². The summed E-state index contributed by atoms with van der Waals surface area (Å²) in [6.07, 6.45) is -2.03. The van der Waals surface area contributed by atoms with Gasteiger partial charge < -0.3 is 14.4 Å². The molecule has 6 rings (SSSR count). The van der Waals surface area contributed by atoms with Gasteiger partial charge in [0.2, 0.25) is 10.0 Å². The summed E-state index contributed by atoms with van der Waals surface area (Å²) >= 11 is 6.21. The number of rotatable bonds is 14. The number of likely N-dealkylation sites (N-methyl/N-ethyl adjacent to an activating group) is 1. The van der Waals surface area contributed by atoms with Crippen LogP contribution in [0.3, 0.4) is 0 Å². The first-order valence-electron chi connectivity index (χ1n) is 17.5. The van der Waals surface area contributed by atoms with Crippen molar-refractivity contribution >= 4 is 32.8 Å². The predicted octanol–water partition coefficient (Wildman–Crippen LogP) is 9.49. The molecule has 0 fully saturated rings. The minimum Gasteiger partial charge on any atom is -0.494 e. The predicted molar refractivity (Wildman–Crippen MR) is 216 cm³/mol. The van der Waals surface area contributed by atoms with E-state index in [0.29, 0.717) is 23.7 Å². The molecule has 13 heteroatoms. The zero-order valence-corrected chi connectivity index (χ0v) is 32.7. The average Bonchev–Trinajstić information content (AvgIpc) is 3.65. The second-order valence-corrected chi connectivity index (χ2v) is 14.7. The lowest BCUT2D eigenvalue weighted by atomic mass is 9.88. The van der Waals surface area contributed by atoms with Crippen LogP contribution in [0.25, 0.3) is 28.1 Å². The van der Waals surface area contributed by atoms with Crippen molar-refractivity contribution in [1.29, 1.82) is 0 Å². The summed E-state index contributed by atoms with van der Waals surface area (Å²) in [6, 6.07) is 39.8. The Morgan fingerprint density at radius 2 is 1.45 bits per heavy atom. The fourth-order valence-corrected chi connectivity index (χ4v) is 6.55. The highest BCUT2D eigenvalue weighted by Gasteiger charge is 2.20. The van der Waals surface area contributed by atoms with Crippen LogP contribution >= 0.6 is 11.6 Å². The maximum atomic E-state index is 14.0. The third-order valence-electron chi connectivity index (χ3n) is 8.59. The quantitative estimate of drug-likeness (QED) is 0.0871. The number of hydrogen-bond donors (Lipinski definition) is 1. The number of nitrogens with two attached hydrogens (primary N) is 1. The standard InChI is InChI=1S/C26H28ClNO.C17H14F3N3O3S/c1-28(2)19-20-29-24-15-13-23(14-16-24)26(22-11-7-4-8-12-22)25(17-18-27)21-9-5-3-6-10-21;1-26-16-7-2-10(8-13(16)18)15-9-14(17(19)20)22-23(15)11-3-5-12(6-4-11)27(21,24)25/h3-16H,17-20H2,1-2H3;2-9,17H,1H3,(H2,21,24,25)/b26-25-;. The number of nitrogens with zero attached hydrogens (tertiary/aromatic N) is 3. The number of allylic oxidation sites excluding steroid dienone is 1. The molecule has 0 saturated carbocycles. The first-order valence-corrected chi connectivity index (χ1v) is 19.6. The Balaban J connectivity index is 0.000000215. The molecule has 8 nitrogen and oxygen atoms in total. The van der Waals surface area contributed by atoms with E-state index in [-0.39, 0.29) is 16.3 Å². The summed E-state index contributed by atoms with van der Waals surface area (Å²) in [5.74, 6) is 0.815. The van der Waals surface area contributed by atoms with Gasteiger partial charge in [-0.1, -0.05) is 72.8 Å². The normalized spacial score (nSPS) is 11.9. The Kier molecular flexibility index (Phi) is 14.5. The topological polar surface area (TPSA) is 99.7 Å². The van der Waals surface area contributed by atoms with Crippen LogP contribution in [0.15, 0.2) is 138 Å². The Morgan fingerprint density at radius 3 is 1.98 bits per heavy atom. The number of benzene rings is 5. The van der Waals surface area contributed by atoms with Crippen LogP contribution in [0.5, 0.6) is 11.5 Å². The third kappa shape index (κ3) is 10.9. The molecule has 0 spiro atoms. The van der Waals surface area contributed by atoms with Crippen molar-refractivity contribution in [1.82, 2.24) is 14.7 Å². The number of sulfonamides is 1. The van der Waals surface area contributed by atoms with E-state index in [1.165, 1.54) is 76.0 Å². The average molecular weight is 803 g/mol. The number of aromatic nitrogens is 2. The molecule has 0 saturated heterocycles. The van der Waals surface area contributed by atoms with Crippen molar-refractivity contribution in [3.63, 3.8) is 0 Å². The molecule has 0 atom stereocenters. The van der Waals surface area contributed by atoms with Crippen molar-refractivity contribution in [3.05, 3.63) is 162 Å². The number of alkyl halides is 3. The number of primary sulfonamides is 1. The molecule has 0 unspecified atom stereocenters. The van der Waals surface area contributed by atoms with Crippen molar-refractivity contribution < 1.29 is 31.1 Å². The minimum atomic E-state index is -3.90. The lowest BCUT2D eigenvalue weighted by molar-refractivity contribution is 0.145. The number of methoxy groups -OCH3 is 1. The minimum absolute atomic E-state index is 0.0106. The zero-order valence-electron chi connectivity index (χ0n) is 31.1. The summed E-state index contributed by atoms with van der Waals surface area (Å²) in [5.41, 5.74) is 6.34. The van der Waals surface area contributed by atoms with Crippen molar-refractivity contribution in [3.8, 4) is 28.4 Å². The number of halogens is 4. The van der Waals surface area contributed by atoms with Crippen molar-refractivity contribution in [2.24, 2.45) is 5.14 Å². The smallest absolute Gasteiger partial charge is 0.282 e. The fourth-order valence-electron chi connectivity index (χ4n) is 5.84.